The van der Waals surface area contributed by atoms with Crippen molar-refractivity contribution in [2.75, 3.05) is 39.3 Å². The van der Waals surface area contributed by atoms with Crippen molar-refractivity contribution < 1.29 is 9.15 Å². The summed E-state index contributed by atoms with van der Waals surface area (Å²) in [5.74, 6) is 1.93. The Labute approximate surface area is 170 Å². The van der Waals surface area contributed by atoms with Crippen LogP contribution in [0.3, 0.4) is 0 Å². The van der Waals surface area contributed by atoms with Crippen LogP contribution in [0.4, 0.5) is 0 Å². The summed E-state index contributed by atoms with van der Waals surface area (Å²) in [4.78, 5) is 7.45. The zero-order valence-corrected chi connectivity index (χ0v) is 17.5. The second-order valence-electron chi connectivity index (χ2n) is 8.05. The van der Waals surface area contributed by atoms with Crippen LogP contribution in [0, 0.1) is 0 Å². The van der Waals surface area contributed by atoms with Crippen LogP contribution < -0.4 is 10.6 Å². The van der Waals surface area contributed by atoms with Gasteiger partial charge in [-0.15, -0.1) is 0 Å². The average molecular weight is 391 g/mol. The van der Waals surface area contributed by atoms with Gasteiger partial charge in [-0.25, -0.2) is 0 Å². The summed E-state index contributed by atoms with van der Waals surface area (Å²) >= 11 is 0. The minimum absolute atomic E-state index is 0.272. The van der Waals surface area contributed by atoms with E-state index in [2.05, 4.69) is 22.5 Å². The van der Waals surface area contributed by atoms with E-state index in [9.17, 15) is 0 Å². The van der Waals surface area contributed by atoms with E-state index >= 15 is 0 Å². The van der Waals surface area contributed by atoms with Gasteiger partial charge < -0.3 is 24.7 Å². The molecule has 1 unspecified atom stereocenters. The van der Waals surface area contributed by atoms with Crippen LogP contribution in [0.15, 0.2) is 27.8 Å². The molecule has 2 fully saturated rings. The highest BCUT2D eigenvalue weighted by Crippen LogP contribution is 2.13. The Balaban J connectivity index is 1.46. The Morgan fingerprint density at radius 1 is 1.25 bits per heavy atom. The predicted molar refractivity (Wildman–Crippen MR) is 114 cm³/mol. The molecule has 0 saturated carbocycles. The van der Waals surface area contributed by atoms with E-state index in [-0.39, 0.29) is 6.10 Å². The van der Waals surface area contributed by atoms with Gasteiger partial charge in [0, 0.05) is 38.7 Å². The first-order chi connectivity index (χ1) is 13.8. The van der Waals surface area contributed by atoms with Crippen LogP contribution in [0.1, 0.15) is 57.6 Å². The molecule has 1 aromatic heterocycles. The third kappa shape index (κ3) is 7.47. The van der Waals surface area contributed by atoms with Gasteiger partial charge in [0.1, 0.15) is 5.76 Å². The second kappa shape index (κ2) is 12.1. The number of nitrogens with one attached hydrogen (secondary N) is 2. The number of rotatable bonds is 9. The smallest absolute Gasteiger partial charge is 0.191 e. The summed E-state index contributed by atoms with van der Waals surface area (Å²) in [6.45, 7) is 8.31. The number of ether oxygens (including phenoxy) is 1. The number of nitrogens with zero attached hydrogens (tertiary/aromatic N) is 2. The summed E-state index contributed by atoms with van der Waals surface area (Å²) in [5.41, 5.74) is 0. The number of guanidine groups is 1. The molecule has 0 spiro atoms. The predicted octanol–water partition coefficient (Wildman–Crippen LogP) is 3.19. The first-order valence-corrected chi connectivity index (χ1v) is 11.2. The number of hydrogen-bond donors (Lipinski definition) is 2. The molecule has 2 aliphatic heterocycles. The fourth-order valence-electron chi connectivity index (χ4n) is 3.93. The lowest BCUT2D eigenvalue weighted by Gasteiger charge is -2.33. The van der Waals surface area contributed by atoms with Gasteiger partial charge in [-0.3, -0.25) is 4.99 Å². The lowest BCUT2D eigenvalue weighted by Crippen LogP contribution is -2.49. The number of furan rings is 1. The molecule has 158 valence electrons. The van der Waals surface area contributed by atoms with Crippen LogP contribution in [-0.2, 0) is 11.2 Å². The molecule has 2 aliphatic rings. The van der Waals surface area contributed by atoms with Crippen molar-refractivity contribution in [3.05, 3.63) is 24.2 Å². The number of aliphatic imine (C=N–C) groups is 1. The second-order valence-corrected chi connectivity index (χ2v) is 8.05. The normalized spacial score (nSPS) is 22.3. The van der Waals surface area contributed by atoms with Gasteiger partial charge in [-0.05, 0) is 57.2 Å². The quantitative estimate of drug-likeness (QED) is 0.501. The molecule has 28 heavy (non-hydrogen) atoms. The minimum atomic E-state index is 0.272. The Morgan fingerprint density at radius 3 is 2.86 bits per heavy atom. The Bertz CT molecular complexity index is 547. The molecule has 6 heteroatoms. The minimum Gasteiger partial charge on any atom is -0.469 e. The van der Waals surface area contributed by atoms with E-state index in [1.54, 1.807) is 6.26 Å². The van der Waals surface area contributed by atoms with Crippen LogP contribution >= 0.6 is 0 Å². The van der Waals surface area contributed by atoms with Gasteiger partial charge >= 0.3 is 0 Å². The maximum atomic E-state index is 5.85. The van der Waals surface area contributed by atoms with Crippen molar-refractivity contribution in [1.29, 1.82) is 0 Å². The molecule has 1 aromatic rings. The first-order valence-electron chi connectivity index (χ1n) is 11.2. The first kappa shape index (κ1) is 21.2. The maximum absolute atomic E-state index is 5.85. The van der Waals surface area contributed by atoms with Crippen LogP contribution in [-0.4, -0.2) is 62.3 Å². The number of unbranched alkanes of at least 4 members (excludes halogenated alkanes) is 1. The van der Waals surface area contributed by atoms with E-state index in [0.717, 1.165) is 44.3 Å². The molecule has 6 nitrogen and oxygen atoms in total. The number of piperidine rings is 1. The van der Waals surface area contributed by atoms with Crippen molar-refractivity contribution in [1.82, 2.24) is 15.5 Å². The van der Waals surface area contributed by atoms with Crippen molar-refractivity contribution in [3.8, 4) is 0 Å². The standard InChI is InChI=1S/C22H38N4O2/c1-2-3-13-26-14-10-19(11-15-26)25-22(23-12-9-20-8-6-17-27-20)24-18-21-7-4-5-16-28-21/h6,8,17,19,21H,2-5,7,9-16,18H2,1H3,(H2,23,24,25). The summed E-state index contributed by atoms with van der Waals surface area (Å²) in [6, 6.07) is 4.46. The topological polar surface area (TPSA) is 62.0 Å². The monoisotopic (exact) mass is 390 g/mol. The summed E-state index contributed by atoms with van der Waals surface area (Å²) < 4.78 is 11.3. The molecular formula is C22H38N4O2. The SMILES string of the molecule is CCCCN1CCC(NC(=NCC2CCCCO2)NCCc2ccco2)CC1. The molecule has 0 radical (unpaired) electrons. The summed E-state index contributed by atoms with van der Waals surface area (Å²) in [5, 5.41) is 7.18. The maximum Gasteiger partial charge on any atom is 0.191 e. The van der Waals surface area contributed by atoms with E-state index in [1.165, 1.54) is 58.2 Å². The van der Waals surface area contributed by atoms with Gasteiger partial charge in [0.2, 0.25) is 0 Å². The van der Waals surface area contributed by atoms with Gasteiger partial charge in [0.25, 0.3) is 0 Å². The highest BCUT2D eigenvalue weighted by Gasteiger charge is 2.20. The van der Waals surface area contributed by atoms with E-state index in [0.29, 0.717) is 6.04 Å². The fourth-order valence-corrected chi connectivity index (χ4v) is 3.93. The van der Waals surface area contributed by atoms with E-state index in [1.807, 2.05) is 12.1 Å². The Morgan fingerprint density at radius 2 is 2.14 bits per heavy atom. The molecule has 0 aliphatic carbocycles. The highest BCUT2D eigenvalue weighted by molar-refractivity contribution is 5.80. The van der Waals surface area contributed by atoms with Crippen LogP contribution in [0.25, 0.3) is 0 Å². The zero-order chi connectivity index (χ0) is 19.4. The van der Waals surface area contributed by atoms with Gasteiger partial charge in [0.15, 0.2) is 5.96 Å². The lowest BCUT2D eigenvalue weighted by atomic mass is 10.0. The largest absolute Gasteiger partial charge is 0.469 e. The lowest BCUT2D eigenvalue weighted by molar-refractivity contribution is 0.0224. The third-order valence-electron chi connectivity index (χ3n) is 5.73. The molecule has 3 heterocycles. The van der Waals surface area contributed by atoms with Crippen molar-refractivity contribution >= 4 is 5.96 Å². The van der Waals surface area contributed by atoms with Crippen LogP contribution in [0.2, 0.25) is 0 Å². The van der Waals surface area contributed by atoms with Crippen molar-refractivity contribution in [2.45, 2.75) is 70.4 Å². The van der Waals surface area contributed by atoms with Crippen LogP contribution in [0.5, 0.6) is 0 Å². The van der Waals surface area contributed by atoms with Crippen molar-refractivity contribution in [2.24, 2.45) is 4.99 Å². The van der Waals surface area contributed by atoms with Gasteiger partial charge in [-0.2, -0.15) is 0 Å². The number of hydrogen-bond acceptors (Lipinski definition) is 4. The fraction of sp³-hybridized carbons (Fsp3) is 0.773. The molecule has 3 rings (SSSR count). The molecule has 2 saturated heterocycles. The molecule has 0 aromatic carbocycles. The summed E-state index contributed by atoms with van der Waals surface area (Å²) in [7, 11) is 0. The Hall–Kier alpha value is -1.53. The van der Waals surface area contributed by atoms with Gasteiger partial charge in [0.05, 0.1) is 18.9 Å². The molecule has 0 bridgehead atoms. The van der Waals surface area contributed by atoms with E-state index in [4.69, 9.17) is 14.1 Å². The molecular weight excluding hydrogens is 352 g/mol. The molecule has 0 amide bonds. The zero-order valence-electron chi connectivity index (χ0n) is 17.5. The number of likely N-dealkylation sites (tertiary alicyclic amines) is 1. The average Bonchev–Trinajstić information content (AvgIpc) is 3.25. The highest BCUT2D eigenvalue weighted by atomic mass is 16.5. The van der Waals surface area contributed by atoms with E-state index < -0.39 is 0 Å². The Kier molecular flexibility index (Phi) is 9.17. The molecule has 1 atom stereocenters. The van der Waals surface area contributed by atoms with Crippen molar-refractivity contribution in [3.63, 3.8) is 0 Å². The van der Waals surface area contributed by atoms with Gasteiger partial charge in [-0.1, -0.05) is 13.3 Å². The third-order valence-corrected chi connectivity index (χ3v) is 5.73. The summed E-state index contributed by atoms with van der Waals surface area (Å²) in [6.07, 6.45) is 11.4. The molecule has 2 N–H and O–H groups in total.